The van der Waals surface area contributed by atoms with Crippen molar-refractivity contribution in [3.05, 3.63) is 64.0 Å². The molecule has 0 aromatic heterocycles. The van der Waals surface area contributed by atoms with Gasteiger partial charge in [-0.3, -0.25) is 4.79 Å². The topological polar surface area (TPSA) is 26.3 Å². The normalized spacial score (nSPS) is 10.4. The summed E-state index contributed by atoms with van der Waals surface area (Å²) in [5.74, 6) is 0.535. The van der Waals surface area contributed by atoms with Crippen LogP contribution in [0.15, 0.2) is 30.3 Å². The fourth-order valence-corrected chi connectivity index (χ4v) is 2.25. The van der Waals surface area contributed by atoms with E-state index in [4.69, 9.17) is 4.74 Å². The second-order valence-electron chi connectivity index (χ2n) is 4.96. The minimum absolute atomic E-state index is 0.242. The van der Waals surface area contributed by atoms with Gasteiger partial charge in [-0.2, -0.15) is 0 Å². The van der Waals surface area contributed by atoms with Crippen molar-refractivity contribution in [2.75, 3.05) is 0 Å². The van der Waals surface area contributed by atoms with Crippen LogP contribution < -0.4 is 4.74 Å². The Morgan fingerprint density at radius 2 is 1.70 bits per heavy atom. The highest BCUT2D eigenvalue weighted by atomic mass is 19.1. The van der Waals surface area contributed by atoms with Crippen LogP contribution in [0.4, 0.5) is 4.39 Å². The third kappa shape index (κ3) is 3.05. The van der Waals surface area contributed by atoms with E-state index < -0.39 is 0 Å². The lowest BCUT2D eigenvalue weighted by Gasteiger charge is -2.14. The number of halogens is 1. The molecule has 2 aromatic carbocycles. The van der Waals surface area contributed by atoms with E-state index in [1.807, 2.05) is 20.8 Å². The lowest BCUT2D eigenvalue weighted by molar-refractivity contribution is 0.112. The predicted molar refractivity (Wildman–Crippen MR) is 76.8 cm³/mol. The Balaban J connectivity index is 2.21. The minimum atomic E-state index is -0.242. The predicted octanol–water partition coefficient (Wildman–Crippen LogP) is 4.14. The van der Waals surface area contributed by atoms with E-state index in [1.54, 1.807) is 18.2 Å². The van der Waals surface area contributed by atoms with Crippen molar-refractivity contribution in [2.45, 2.75) is 27.4 Å². The van der Waals surface area contributed by atoms with E-state index in [0.717, 1.165) is 34.3 Å². The Labute approximate surface area is 118 Å². The first-order chi connectivity index (χ1) is 9.51. The molecule has 0 saturated carbocycles. The maximum atomic E-state index is 13.0. The van der Waals surface area contributed by atoms with Crippen LogP contribution in [0.1, 0.15) is 32.6 Å². The van der Waals surface area contributed by atoms with Gasteiger partial charge >= 0.3 is 0 Å². The lowest BCUT2D eigenvalue weighted by Crippen LogP contribution is -2.02. The highest BCUT2D eigenvalue weighted by molar-refractivity contribution is 5.76. The Hall–Kier alpha value is -2.16. The van der Waals surface area contributed by atoms with Crippen LogP contribution in [0, 0.1) is 26.6 Å². The van der Waals surface area contributed by atoms with Gasteiger partial charge < -0.3 is 4.74 Å². The Morgan fingerprint density at radius 1 is 1.05 bits per heavy atom. The van der Waals surface area contributed by atoms with Crippen LogP contribution in [0.3, 0.4) is 0 Å². The number of aldehydes is 1. The monoisotopic (exact) mass is 272 g/mol. The van der Waals surface area contributed by atoms with Crippen molar-refractivity contribution < 1.29 is 13.9 Å². The SMILES string of the molecule is Cc1cc(F)ccc1COc1c(C)cc(C=O)cc1C. The molecule has 0 bridgehead atoms. The van der Waals surface area contributed by atoms with Crippen molar-refractivity contribution >= 4 is 6.29 Å². The average molecular weight is 272 g/mol. The van der Waals surface area contributed by atoms with Gasteiger partial charge in [0.25, 0.3) is 0 Å². The summed E-state index contributed by atoms with van der Waals surface area (Å²) in [4.78, 5) is 10.8. The first-order valence-electron chi connectivity index (χ1n) is 6.45. The highest BCUT2D eigenvalue weighted by Gasteiger charge is 2.08. The smallest absolute Gasteiger partial charge is 0.150 e. The van der Waals surface area contributed by atoms with Gasteiger partial charge in [-0.15, -0.1) is 0 Å². The van der Waals surface area contributed by atoms with E-state index >= 15 is 0 Å². The molecule has 0 amide bonds. The second kappa shape index (κ2) is 5.87. The molecule has 2 nitrogen and oxygen atoms in total. The molecule has 0 spiro atoms. The van der Waals surface area contributed by atoms with Crippen molar-refractivity contribution in [2.24, 2.45) is 0 Å². The third-order valence-corrected chi connectivity index (χ3v) is 3.30. The van der Waals surface area contributed by atoms with E-state index in [0.29, 0.717) is 12.2 Å². The van der Waals surface area contributed by atoms with Crippen LogP contribution >= 0.6 is 0 Å². The summed E-state index contributed by atoms with van der Waals surface area (Å²) >= 11 is 0. The van der Waals surface area contributed by atoms with Gasteiger partial charge in [0.2, 0.25) is 0 Å². The molecule has 0 heterocycles. The maximum absolute atomic E-state index is 13.0. The first kappa shape index (κ1) is 14.3. The van der Waals surface area contributed by atoms with Crippen molar-refractivity contribution in [1.29, 1.82) is 0 Å². The summed E-state index contributed by atoms with van der Waals surface area (Å²) in [6.45, 7) is 6.06. The molecule has 0 saturated heterocycles. The molecular weight excluding hydrogens is 255 g/mol. The zero-order valence-corrected chi connectivity index (χ0v) is 11.9. The number of carbonyl (C=O) groups excluding carboxylic acids is 1. The summed E-state index contributed by atoms with van der Waals surface area (Å²) in [5.41, 5.74) is 4.30. The number of carbonyl (C=O) groups is 1. The molecule has 0 aliphatic rings. The fourth-order valence-electron chi connectivity index (χ4n) is 2.25. The summed E-state index contributed by atoms with van der Waals surface area (Å²) in [6, 6.07) is 8.25. The van der Waals surface area contributed by atoms with Gasteiger partial charge in [0, 0.05) is 5.56 Å². The zero-order valence-electron chi connectivity index (χ0n) is 11.9. The Bertz CT molecular complexity index is 624. The van der Waals surface area contributed by atoms with E-state index in [-0.39, 0.29) is 5.82 Å². The number of hydrogen-bond donors (Lipinski definition) is 0. The van der Waals surface area contributed by atoms with Crippen molar-refractivity contribution in [3.63, 3.8) is 0 Å². The molecule has 2 rings (SSSR count). The average Bonchev–Trinajstić information content (AvgIpc) is 2.39. The number of hydrogen-bond acceptors (Lipinski definition) is 2. The number of benzene rings is 2. The minimum Gasteiger partial charge on any atom is -0.488 e. The van der Waals surface area contributed by atoms with Crippen molar-refractivity contribution in [3.8, 4) is 5.75 Å². The molecule has 0 radical (unpaired) electrons. The molecule has 2 aromatic rings. The van der Waals surface area contributed by atoms with Gasteiger partial charge in [0.15, 0.2) is 0 Å². The lowest BCUT2D eigenvalue weighted by atomic mass is 10.1. The van der Waals surface area contributed by atoms with Gasteiger partial charge in [-0.25, -0.2) is 4.39 Å². The molecule has 0 aliphatic heterocycles. The fraction of sp³-hybridized carbons (Fsp3) is 0.235. The molecule has 20 heavy (non-hydrogen) atoms. The zero-order chi connectivity index (χ0) is 14.7. The third-order valence-electron chi connectivity index (χ3n) is 3.30. The van der Waals surface area contributed by atoms with Gasteiger partial charge in [-0.05, 0) is 67.3 Å². The van der Waals surface area contributed by atoms with Crippen LogP contribution in [0.2, 0.25) is 0 Å². The number of ether oxygens (including phenoxy) is 1. The standard InChI is InChI=1S/C17H17FO2/c1-11-8-16(18)5-4-15(11)10-20-17-12(2)6-14(9-19)7-13(17)3/h4-9H,10H2,1-3H3. The molecule has 0 atom stereocenters. The highest BCUT2D eigenvalue weighted by Crippen LogP contribution is 2.25. The number of aryl methyl sites for hydroxylation is 3. The Kier molecular flexibility index (Phi) is 4.18. The quantitative estimate of drug-likeness (QED) is 0.782. The van der Waals surface area contributed by atoms with Crippen LogP contribution in [-0.4, -0.2) is 6.29 Å². The van der Waals surface area contributed by atoms with Crippen LogP contribution in [0.25, 0.3) is 0 Å². The molecule has 0 N–H and O–H groups in total. The molecule has 0 aliphatic carbocycles. The first-order valence-corrected chi connectivity index (χ1v) is 6.45. The number of rotatable bonds is 4. The molecule has 0 fully saturated rings. The van der Waals surface area contributed by atoms with E-state index in [2.05, 4.69) is 0 Å². The summed E-state index contributed by atoms with van der Waals surface area (Å²) < 4.78 is 18.9. The van der Waals surface area contributed by atoms with Gasteiger partial charge in [-0.1, -0.05) is 6.07 Å². The Morgan fingerprint density at radius 3 is 2.25 bits per heavy atom. The van der Waals surface area contributed by atoms with Crippen LogP contribution in [-0.2, 0) is 6.61 Å². The van der Waals surface area contributed by atoms with E-state index in [9.17, 15) is 9.18 Å². The van der Waals surface area contributed by atoms with E-state index in [1.165, 1.54) is 12.1 Å². The summed E-state index contributed by atoms with van der Waals surface area (Å²) in [5, 5.41) is 0. The van der Waals surface area contributed by atoms with Crippen LogP contribution in [0.5, 0.6) is 5.75 Å². The molecule has 0 unspecified atom stereocenters. The molecular formula is C17H17FO2. The second-order valence-corrected chi connectivity index (χ2v) is 4.96. The molecule has 104 valence electrons. The summed E-state index contributed by atoms with van der Waals surface area (Å²) in [6.07, 6.45) is 0.827. The maximum Gasteiger partial charge on any atom is 0.150 e. The van der Waals surface area contributed by atoms with Crippen molar-refractivity contribution in [1.82, 2.24) is 0 Å². The largest absolute Gasteiger partial charge is 0.488 e. The van der Waals surface area contributed by atoms with Gasteiger partial charge in [0.05, 0.1) is 0 Å². The summed E-state index contributed by atoms with van der Waals surface area (Å²) in [7, 11) is 0. The van der Waals surface area contributed by atoms with Gasteiger partial charge in [0.1, 0.15) is 24.5 Å². The molecule has 3 heteroatoms.